The predicted molar refractivity (Wildman–Crippen MR) is 123 cm³/mol. The van der Waals surface area contributed by atoms with Crippen LogP contribution >= 0.6 is 12.2 Å². The fourth-order valence-electron chi connectivity index (χ4n) is 3.20. The quantitative estimate of drug-likeness (QED) is 0.525. The summed E-state index contributed by atoms with van der Waals surface area (Å²) in [7, 11) is 0. The molecule has 0 aromatic heterocycles. The summed E-state index contributed by atoms with van der Waals surface area (Å²) in [5.41, 5.74) is 4.02. The lowest BCUT2D eigenvalue weighted by Crippen LogP contribution is -2.42. The van der Waals surface area contributed by atoms with Crippen molar-refractivity contribution in [3.8, 4) is 0 Å². The fourth-order valence-corrected chi connectivity index (χ4v) is 3.49. The van der Waals surface area contributed by atoms with Gasteiger partial charge in [-0.1, -0.05) is 91.0 Å². The van der Waals surface area contributed by atoms with E-state index in [0.717, 1.165) is 44.0 Å². The van der Waals surface area contributed by atoms with Gasteiger partial charge in [-0.2, -0.15) is 0 Å². The van der Waals surface area contributed by atoms with Gasteiger partial charge in [-0.05, 0) is 48.2 Å². The number of rotatable bonds is 9. The molecule has 3 aromatic rings. The van der Waals surface area contributed by atoms with Gasteiger partial charge in [0.05, 0.1) is 0 Å². The van der Waals surface area contributed by atoms with Crippen molar-refractivity contribution in [2.75, 3.05) is 19.6 Å². The molecule has 3 heteroatoms. The van der Waals surface area contributed by atoms with Gasteiger partial charge in [-0.25, -0.2) is 0 Å². The maximum atomic E-state index is 5.74. The normalized spacial score (nSPS) is 10.4. The average molecular weight is 389 g/mol. The molecule has 0 amide bonds. The SMILES string of the molecule is S=C(NCCc1ccccc1)N(CCc1ccccc1)CCc1ccccc1. The highest BCUT2D eigenvalue weighted by atomic mass is 32.1. The lowest BCUT2D eigenvalue weighted by molar-refractivity contribution is 0.419. The highest BCUT2D eigenvalue weighted by Crippen LogP contribution is 2.06. The third kappa shape index (κ3) is 6.82. The van der Waals surface area contributed by atoms with Crippen LogP contribution in [-0.2, 0) is 19.3 Å². The van der Waals surface area contributed by atoms with Crippen LogP contribution in [0.15, 0.2) is 91.0 Å². The van der Waals surface area contributed by atoms with Crippen molar-refractivity contribution in [3.63, 3.8) is 0 Å². The van der Waals surface area contributed by atoms with Gasteiger partial charge in [-0.15, -0.1) is 0 Å². The summed E-state index contributed by atoms with van der Waals surface area (Å²) in [5, 5.41) is 4.31. The Morgan fingerprint density at radius 2 is 1.00 bits per heavy atom. The maximum Gasteiger partial charge on any atom is 0.168 e. The summed E-state index contributed by atoms with van der Waals surface area (Å²) < 4.78 is 0. The molecule has 0 aliphatic rings. The Balaban J connectivity index is 1.54. The third-order valence-electron chi connectivity index (χ3n) is 4.85. The molecule has 3 aromatic carbocycles. The van der Waals surface area contributed by atoms with E-state index < -0.39 is 0 Å². The molecule has 0 aliphatic heterocycles. The van der Waals surface area contributed by atoms with Crippen molar-refractivity contribution in [1.29, 1.82) is 0 Å². The molecule has 0 bridgehead atoms. The first-order valence-electron chi connectivity index (χ1n) is 9.96. The average Bonchev–Trinajstić information content (AvgIpc) is 2.76. The van der Waals surface area contributed by atoms with E-state index in [0.29, 0.717) is 0 Å². The summed E-state index contributed by atoms with van der Waals surface area (Å²) >= 11 is 5.74. The van der Waals surface area contributed by atoms with Crippen LogP contribution in [0.25, 0.3) is 0 Å². The Hall–Kier alpha value is -2.65. The maximum absolute atomic E-state index is 5.74. The van der Waals surface area contributed by atoms with E-state index in [4.69, 9.17) is 12.2 Å². The highest BCUT2D eigenvalue weighted by Gasteiger charge is 2.10. The zero-order valence-corrected chi connectivity index (χ0v) is 17.1. The van der Waals surface area contributed by atoms with Crippen molar-refractivity contribution in [1.82, 2.24) is 10.2 Å². The van der Waals surface area contributed by atoms with Gasteiger partial charge in [-0.3, -0.25) is 0 Å². The van der Waals surface area contributed by atoms with Crippen LogP contribution in [-0.4, -0.2) is 29.6 Å². The first kappa shape index (κ1) is 20.1. The van der Waals surface area contributed by atoms with Gasteiger partial charge in [0.2, 0.25) is 0 Å². The Bertz CT molecular complexity index is 775. The number of hydrogen-bond donors (Lipinski definition) is 1. The molecule has 3 rings (SSSR count). The molecule has 144 valence electrons. The van der Waals surface area contributed by atoms with Gasteiger partial charge in [0.25, 0.3) is 0 Å². The zero-order valence-electron chi connectivity index (χ0n) is 16.3. The van der Waals surface area contributed by atoms with Gasteiger partial charge in [0, 0.05) is 19.6 Å². The molecular formula is C25H28N2S. The largest absolute Gasteiger partial charge is 0.362 e. The molecule has 0 saturated carbocycles. The van der Waals surface area contributed by atoms with Crippen molar-refractivity contribution in [3.05, 3.63) is 108 Å². The molecule has 0 heterocycles. The molecule has 28 heavy (non-hydrogen) atoms. The number of hydrogen-bond acceptors (Lipinski definition) is 1. The van der Waals surface area contributed by atoms with Crippen molar-refractivity contribution in [2.24, 2.45) is 0 Å². The van der Waals surface area contributed by atoms with Crippen molar-refractivity contribution in [2.45, 2.75) is 19.3 Å². The molecule has 1 N–H and O–H groups in total. The van der Waals surface area contributed by atoms with Crippen LogP contribution in [0.5, 0.6) is 0 Å². The lowest BCUT2D eigenvalue weighted by Gasteiger charge is -2.26. The smallest absolute Gasteiger partial charge is 0.168 e. The monoisotopic (exact) mass is 388 g/mol. The molecule has 0 saturated heterocycles. The first-order chi connectivity index (χ1) is 13.8. The highest BCUT2D eigenvalue weighted by molar-refractivity contribution is 7.80. The minimum Gasteiger partial charge on any atom is -0.362 e. The topological polar surface area (TPSA) is 15.3 Å². The van der Waals surface area contributed by atoms with Crippen LogP contribution in [0.3, 0.4) is 0 Å². The molecule has 2 nitrogen and oxygen atoms in total. The molecule has 0 unspecified atom stereocenters. The zero-order chi connectivity index (χ0) is 19.4. The van der Waals surface area contributed by atoms with E-state index in [1.165, 1.54) is 16.7 Å². The van der Waals surface area contributed by atoms with Crippen LogP contribution in [0.2, 0.25) is 0 Å². The molecule has 0 spiro atoms. The van der Waals surface area contributed by atoms with E-state index in [2.05, 4.69) is 101 Å². The van der Waals surface area contributed by atoms with E-state index in [1.54, 1.807) is 0 Å². The van der Waals surface area contributed by atoms with Gasteiger partial charge >= 0.3 is 0 Å². The fraction of sp³-hybridized carbons (Fsp3) is 0.240. The lowest BCUT2D eigenvalue weighted by atomic mass is 10.1. The summed E-state index contributed by atoms with van der Waals surface area (Å²) in [6.07, 6.45) is 2.97. The van der Waals surface area contributed by atoms with Crippen LogP contribution in [0, 0.1) is 0 Å². The Labute approximate surface area is 174 Å². The Morgan fingerprint density at radius 3 is 1.43 bits per heavy atom. The molecule has 0 radical (unpaired) electrons. The minimum atomic E-state index is 0.850. The Kier molecular flexibility index (Phi) is 8.07. The number of benzene rings is 3. The van der Waals surface area contributed by atoms with Crippen LogP contribution < -0.4 is 5.32 Å². The van der Waals surface area contributed by atoms with Crippen molar-refractivity contribution < 1.29 is 0 Å². The van der Waals surface area contributed by atoms with Gasteiger partial charge < -0.3 is 10.2 Å². The summed E-state index contributed by atoms with van der Waals surface area (Å²) in [6, 6.07) is 31.8. The van der Waals surface area contributed by atoms with E-state index in [9.17, 15) is 0 Å². The van der Waals surface area contributed by atoms with Crippen LogP contribution in [0.4, 0.5) is 0 Å². The molecule has 0 atom stereocenters. The molecule has 0 aliphatic carbocycles. The number of thiocarbonyl (C=S) groups is 1. The van der Waals surface area contributed by atoms with E-state index >= 15 is 0 Å². The second-order valence-electron chi connectivity index (χ2n) is 6.93. The number of nitrogens with one attached hydrogen (secondary N) is 1. The second kappa shape index (κ2) is 11.3. The first-order valence-corrected chi connectivity index (χ1v) is 10.4. The Morgan fingerprint density at radius 1 is 0.607 bits per heavy atom. The summed E-state index contributed by atoms with van der Waals surface area (Å²) in [4.78, 5) is 2.31. The predicted octanol–water partition coefficient (Wildman–Crippen LogP) is 4.89. The van der Waals surface area contributed by atoms with E-state index in [-0.39, 0.29) is 0 Å². The second-order valence-corrected chi connectivity index (χ2v) is 7.31. The minimum absolute atomic E-state index is 0.850. The molecule has 0 fully saturated rings. The summed E-state index contributed by atoms with van der Waals surface area (Å²) in [6.45, 7) is 2.71. The number of nitrogens with zero attached hydrogens (tertiary/aromatic N) is 1. The van der Waals surface area contributed by atoms with Crippen LogP contribution in [0.1, 0.15) is 16.7 Å². The van der Waals surface area contributed by atoms with Gasteiger partial charge in [0.1, 0.15) is 0 Å². The third-order valence-corrected chi connectivity index (χ3v) is 5.25. The standard InChI is InChI=1S/C25H28N2S/c28-25(26-19-16-22-10-4-1-5-11-22)27(20-17-23-12-6-2-7-13-23)21-18-24-14-8-3-9-15-24/h1-15H,16-21H2,(H,26,28). The van der Waals surface area contributed by atoms with Crippen molar-refractivity contribution >= 4 is 17.3 Å². The summed E-state index contributed by atoms with van der Waals surface area (Å²) in [5.74, 6) is 0. The molecular weight excluding hydrogens is 360 g/mol. The van der Waals surface area contributed by atoms with E-state index in [1.807, 2.05) is 0 Å². The van der Waals surface area contributed by atoms with Gasteiger partial charge in [0.15, 0.2) is 5.11 Å².